The van der Waals surface area contributed by atoms with Crippen molar-refractivity contribution in [1.29, 1.82) is 5.41 Å². The normalized spacial score (nSPS) is 10.8. The zero-order valence-electron chi connectivity index (χ0n) is 17.6. The minimum atomic E-state index is -0.128. The fourth-order valence-electron chi connectivity index (χ4n) is 3.18. The van der Waals surface area contributed by atoms with Gasteiger partial charge in [0, 0.05) is 30.2 Å². The lowest BCUT2D eigenvalue weighted by Gasteiger charge is -2.24. The molecule has 0 aliphatic heterocycles. The molecule has 7 nitrogen and oxygen atoms in total. The number of benzene rings is 2. The summed E-state index contributed by atoms with van der Waals surface area (Å²) in [4.78, 5) is 19.1. The second-order valence-corrected chi connectivity index (χ2v) is 7.68. The van der Waals surface area contributed by atoms with E-state index < -0.39 is 0 Å². The number of amidine groups is 1. The lowest BCUT2D eigenvalue weighted by Crippen LogP contribution is -2.33. The van der Waals surface area contributed by atoms with E-state index in [0.717, 1.165) is 17.1 Å². The van der Waals surface area contributed by atoms with Gasteiger partial charge >= 0.3 is 0 Å². The first-order valence-electron chi connectivity index (χ1n) is 9.88. The van der Waals surface area contributed by atoms with Crippen molar-refractivity contribution in [3.05, 3.63) is 77.9 Å². The average molecular weight is 405 g/mol. The van der Waals surface area contributed by atoms with Crippen LogP contribution in [0.15, 0.2) is 61.1 Å². The molecule has 1 aromatic heterocycles. The zero-order chi connectivity index (χ0) is 21.7. The Morgan fingerprint density at radius 1 is 1.23 bits per heavy atom. The van der Waals surface area contributed by atoms with E-state index in [2.05, 4.69) is 24.1 Å². The third-order valence-corrected chi connectivity index (χ3v) is 4.83. The molecule has 156 valence electrons. The number of rotatable bonds is 8. The summed E-state index contributed by atoms with van der Waals surface area (Å²) in [6.45, 7) is 4.88. The van der Waals surface area contributed by atoms with E-state index >= 15 is 0 Å². The SMILES string of the molecule is CC(C)c1ccc(NC(=O)CN(Cc2cn(C)cn2)c2cccc(C(=N)N)c2)cc1. The number of imidazole rings is 1. The molecular weight excluding hydrogens is 376 g/mol. The monoisotopic (exact) mass is 404 g/mol. The molecular formula is C23H28N6O. The van der Waals surface area contributed by atoms with E-state index in [0.29, 0.717) is 18.0 Å². The van der Waals surface area contributed by atoms with Gasteiger partial charge < -0.3 is 20.5 Å². The summed E-state index contributed by atoms with van der Waals surface area (Å²) < 4.78 is 1.87. The second kappa shape index (κ2) is 9.26. The maximum Gasteiger partial charge on any atom is 0.243 e. The third-order valence-electron chi connectivity index (χ3n) is 4.83. The Morgan fingerprint density at radius 3 is 2.57 bits per heavy atom. The van der Waals surface area contributed by atoms with Gasteiger partial charge in [0.05, 0.1) is 25.1 Å². The minimum Gasteiger partial charge on any atom is -0.384 e. The van der Waals surface area contributed by atoms with E-state index in [9.17, 15) is 4.79 Å². The van der Waals surface area contributed by atoms with Crippen LogP contribution in [0.2, 0.25) is 0 Å². The first kappa shape index (κ1) is 21.1. The Kier molecular flexibility index (Phi) is 6.51. The van der Waals surface area contributed by atoms with Crippen molar-refractivity contribution in [1.82, 2.24) is 9.55 Å². The molecule has 0 spiro atoms. The number of anilines is 2. The molecule has 0 fully saturated rings. The highest BCUT2D eigenvalue weighted by Gasteiger charge is 2.15. The molecule has 1 heterocycles. The summed E-state index contributed by atoms with van der Waals surface area (Å²) in [5, 5.41) is 10.7. The van der Waals surface area contributed by atoms with Gasteiger partial charge in [-0.25, -0.2) is 4.98 Å². The molecule has 0 aliphatic carbocycles. The first-order valence-corrected chi connectivity index (χ1v) is 9.88. The molecule has 1 amide bonds. The summed E-state index contributed by atoms with van der Waals surface area (Å²) >= 11 is 0. The number of aromatic nitrogens is 2. The van der Waals surface area contributed by atoms with E-state index in [-0.39, 0.29) is 18.3 Å². The summed E-state index contributed by atoms with van der Waals surface area (Å²) in [7, 11) is 1.91. The molecule has 3 rings (SSSR count). The van der Waals surface area contributed by atoms with Crippen LogP contribution in [0.4, 0.5) is 11.4 Å². The van der Waals surface area contributed by atoms with Crippen LogP contribution in [0.1, 0.15) is 36.6 Å². The zero-order valence-corrected chi connectivity index (χ0v) is 17.6. The van der Waals surface area contributed by atoms with Crippen LogP contribution in [0, 0.1) is 5.41 Å². The van der Waals surface area contributed by atoms with Crippen molar-refractivity contribution in [2.24, 2.45) is 12.8 Å². The largest absolute Gasteiger partial charge is 0.384 e. The first-order chi connectivity index (χ1) is 14.3. The molecule has 7 heteroatoms. The Bertz CT molecular complexity index is 1020. The van der Waals surface area contributed by atoms with E-state index in [1.807, 2.05) is 65.2 Å². The second-order valence-electron chi connectivity index (χ2n) is 7.68. The van der Waals surface area contributed by atoms with Crippen molar-refractivity contribution >= 4 is 23.1 Å². The van der Waals surface area contributed by atoms with Gasteiger partial charge in [-0.1, -0.05) is 38.1 Å². The molecule has 30 heavy (non-hydrogen) atoms. The Hall–Kier alpha value is -3.61. The van der Waals surface area contributed by atoms with Gasteiger partial charge in [0.25, 0.3) is 0 Å². The van der Waals surface area contributed by atoms with E-state index in [1.165, 1.54) is 5.56 Å². The highest BCUT2D eigenvalue weighted by atomic mass is 16.2. The Balaban J connectivity index is 1.78. The maximum atomic E-state index is 12.8. The molecule has 0 radical (unpaired) electrons. The van der Waals surface area contributed by atoms with Crippen LogP contribution in [-0.2, 0) is 18.4 Å². The molecule has 2 aromatic carbocycles. The van der Waals surface area contributed by atoms with Gasteiger partial charge in [0.2, 0.25) is 5.91 Å². The van der Waals surface area contributed by atoms with Crippen LogP contribution in [0.3, 0.4) is 0 Å². The van der Waals surface area contributed by atoms with Gasteiger partial charge in [-0.2, -0.15) is 0 Å². The number of nitrogens with two attached hydrogens (primary N) is 1. The highest BCUT2D eigenvalue weighted by molar-refractivity contribution is 5.97. The van der Waals surface area contributed by atoms with Crippen molar-refractivity contribution in [3.8, 4) is 0 Å². The molecule has 0 unspecified atom stereocenters. The van der Waals surface area contributed by atoms with Crippen LogP contribution >= 0.6 is 0 Å². The van der Waals surface area contributed by atoms with Gasteiger partial charge in [-0.3, -0.25) is 10.2 Å². The molecule has 0 aliphatic rings. The number of nitrogens with zero attached hydrogens (tertiary/aromatic N) is 3. The lowest BCUT2D eigenvalue weighted by atomic mass is 10.0. The van der Waals surface area contributed by atoms with Gasteiger partial charge in [0.1, 0.15) is 5.84 Å². The summed E-state index contributed by atoms with van der Waals surface area (Å²) in [5.41, 5.74) is 9.90. The number of aryl methyl sites for hydroxylation is 1. The van der Waals surface area contributed by atoms with Gasteiger partial charge in [-0.15, -0.1) is 0 Å². The number of hydrogen-bond acceptors (Lipinski definition) is 4. The molecule has 0 saturated carbocycles. The van der Waals surface area contributed by atoms with Crippen molar-refractivity contribution < 1.29 is 4.79 Å². The van der Waals surface area contributed by atoms with E-state index in [4.69, 9.17) is 11.1 Å². The predicted molar refractivity (Wildman–Crippen MR) is 121 cm³/mol. The van der Waals surface area contributed by atoms with Crippen LogP contribution in [-0.4, -0.2) is 27.8 Å². The van der Waals surface area contributed by atoms with E-state index in [1.54, 1.807) is 12.4 Å². The van der Waals surface area contributed by atoms with Crippen LogP contribution in [0.25, 0.3) is 0 Å². The van der Waals surface area contributed by atoms with Crippen molar-refractivity contribution in [2.75, 3.05) is 16.8 Å². The summed E-state index contributed by atoms with van der Waals surface area (Å²) in [6, 6.07) is 15.2. The maximum absolute atomic E-state index is 12.8. The Morgan fingerprint density at radius 2 is 1.97 bits per heavy atom. The number of carbonyl (C=O) groups is 1. The van der Waals surface area contributed by atoms with Crippen LogP contribution in [0.5, 0.6) is 0 Å². The number of amides is 1. The molecule has 0 saturated heterocycles. The third kappa shape index (κ3) is 5.47. The minimum absolute atomic E-state index is 0.00988. The molecule has 0 atom stereocenters. The van der Waals surface area contributed by atoms with Gasteiger partial charge in [0.15, 0.2) is 0 Å². The number of hydrogen-bond donors (Lipinski definition) is 3. The summed E-state index contributed by atoms with van der Waals surface area (Å²) in [5.74, 6) is 0.304. The van der Waals surface area contributed by atoms with Crippen LogP contribution < -0.4 is 16.0 Å². The average Bonchev–Trinajstić information content (AvgIpc) is 3.12. The summed E-state index contributed by atoms with van der Waals surface area (Å²) in [6.07, 6.45) is 3.65. The number of nitrogen functional groups attached to an aromatic ring is 1. The quantitative estimate of drug-likeness (QED) is 0.395. The standard InChI is InChI=1S/C23H28N6O/c1-16(2)17-7-9-19(10-8-17)27-22(30)14-29(13-20-12-28(3)15-26-20)21-6-4-5-18(11-21)23(24)25/h4-12,15-16H,13-14H2,1-3H3,(H3,24,25)(H,27,30). The smallest absolute Gasteiger partial charge is 0.243 e. The lowest BCUT2D eigenvalue weighted by molar-refractivity contribution is -0.115. The highest BCUT2D eigenvalue weighted by Crippen LogP contribution is 2.20. The molecule has 3 aromatic rings. The number of nitrogens with one attached hydrogen (secondary N) is 2. The molecule has 0 bridgehead atoms. The predicted octanol–water partition coefficient (Wildman–Crippen LogP) is 3.47. The fraction of sp³-hybridized carbons (Fsp3) is 0.261. The van der Waals surface area contributed by atoms with Crippen molar-refractivity contribution in [2.45, 2.75) is 26.3 Å². The Labute approximate surface area is 177 Å². The van der Waals surface area contributed by atoms with Gasteiger partial charge in [-0.05, 0) is 35.7 Å². The van der Waals surface area contributed by atoms with Crippen molar-refractivity contribution in [3.63, 3.8) is 0 Å². The fourth-order valence-corrected chi connectivity index (χ4v) is 3.18. The molecule has 4 N–H and O–H groups in total. The number of carbonyl (C=O) groups excluding carboxylic acids is 1. The topological polar surface area (TPSA) is 100 Å².